The lowest BCUT2D eigenvalue weighted by molar-refractivity contribution is -0.132. The molecule has 3 aromatic rings. The fourth-order valence-electron chi connectivity index (χ4n) is 3.65. The van der Waals surface area contributed by atoms with Gasteiger partial charge in [-0.15, -0.1) is 0 Å². The molecule has 0 saturated heterocycles. The van der Waals surface area contributed by atoms with Gasteiger partial charge in [-0.25, -0.2) is 4.79 Å². The Kier molecular flexibility index (Phi) is 3.92. The average molecular weight is 335 g/mol. The van der Waals surface area contributed by atoms with Gasteiger partial charge < -0.3 is 4.90 Å². The van der Waals surface area contributed by atoms with Crippen LogP contribution in [0.15, 0.2) is 53.3 Å². The summed E-state index contributed by atoms with van der Waals surface area (Å²) in [6, 6.07) is 16.0. The van der Waals surface area contributed by atoms with E-state index in [-0.39, 0.29) is 11.6 Å². The Morgan fingerprint density at radius 3 is 2.48 bits per heavy atom. The van der Waals surface area contributed by atoms with Crippen molar-refractivity contribution in [3.8, 4) is 0 Å². The number of rotatable bonds is 3. The first kappa shape index (κ1) is 15.7. The Morgan fingerprint density at radius 1 is 1.00 bits per heavy atom. The molecule has 1 aliphatic rings. The number of imidazole rings is 1. The number of carbonyl (C=O) groups is 1. The number of fused-ring (bicyclic) bond motifs is 2. The number of benzene rings is 2. The molecule has 2 heterocycles. The lowest BCUT2D eigenvalue weighted by atomic mass is 10.00. The smallest absolute Gasteiger partial charge is 0.328 e. The summed E-state index contributed by atoms with van der Waals surface area (Å²) in [5, 5.41) is 0. The van der Waals surface area contributed by atoms with E-state index in [1.165, 1.54) is 11.1 Å². The normalized spacial score (nSPS) is 13.9. The van der Waals surface area contributed by atoms with Gasteiger partial charge in [0.15, 0.2) is 0 Å². The summed E-state index contributed by atoms with van der Waals surface area (Å²) in [4.78, 5) is 27.0. The van der Waals surface area contributed by atoms with E-state index in [0.717, 1.165) is 24.0 Å². The first-order valence-corrected chi connectivity index (χ1v) is 8.64. The van der Waals surface area contributed by atoms with Crippen molar-refractivity contribution in [3.63, 3.8) is 0 Å². The molecule has 0 N–H and O–H groups in total. The zero-order valence-electron chi connectivity index (χ0n) is 14.3. The third-order valence-electron chi connectivity index (χ3n) is 5.08. The Bertz CT molecular complexity index is 1000. The number of hydrogen-bond donors (Lipinski definition) is 0. The molecule has 1 aromatic heterocycles. The molecule has 0 fully saturated rings. The standard InChI is InChI=1S/C20H21N3O2/c1-21-17-8-4-5-9-18(17)23(20(21)25)13-11-19(24)22-12-10-15-6-2-3-7-16(15)14-22/h2-9H,10-14H2,1H3. The summed E-state index contributed by atoms with van der Waals surface area (Å²) in [6.07, 6.45) is 1.24. The van der Waals surface area contributed by atoms with Crippen LogP contribution in [0.5, 0.6) is 0 Å². The SMILES string of the molecule is Cn1c(=O)n(CCC(=O)N2CCc3ccccc3C2)c2ccccc21. The van der Waals surface area contributed by atoms with Crippen LogP contribution in [0.3, 0.4) is 0 Å². The maximum atomic E-state index is 12.6. The van der Waals surface area contributed by atoms with Crippen molar-refractivity contribution in [2.45, 2.75) is 25.9 Å². The lowest BCUT2D eigenvalue weighted by Gasteiger charge is -2.29. The number of aryl methyl sites for hydroxylation is 2. The molecule has 128 valence electrons. The highest BCUT2D eigenvalue weighted by atomic mass is 16.2. The minimum atomic E-state index is -0.0713. The van der Waals surface area contributed by atoms with Crippen molar-refractivity contribution in [2.75, 3.05) is 6.54 Å². The fourth-order valence-corrected chi connectivity index (χ4v) is 3.65. The second-order valence-electron chi connectivity index (χ2n) is 6.57. The molecular formula is C20H21N3O2. The maximum Gasteiger partial charge on any atom is 0.328 e. The summed E-state index contributed by atoms with van der Waals surface area (Å²) in [6.45, 7) is 1.83. The molecule has 2 aromatic carbocycles. The van der Waals surface area contributed by atoms with Gasteiger partial charge in [0.2, 0.25) is 5.91 Å². The van der Waals surface area contributed by atoms with Gasteiger partial charge in [0.05, 0.1) is 11.0 Å². The topological polar surface area (TPSA) is 47.2 Å². The van der Waals surface area contributed by atoms with Crippen LogP contribution in [-0.4, -0.2) is 26.5 Å². The van der Waals surface area contributed by atoms with E-state index < -0.39 is 0 Å². The van der Waals surface area contributed by atoms with Crippen LogP contribution in [0, 0.1) is 0 Å². The minimum absolute atomic E-state index is 0.0713. The largest absolute Gasteiger partial charge is 0.338 e. The van der Waals surface area contributed by atoms with Gasteiger partial charge in [-0.1, -0.05) is 36.4 Å². The number of nitrogens with zero attached hydrogens (tertiary/aromatic N) is 3. The number of hydrogen-bond acceptors (Lipinski definition) is 2. The average Bonchev–Trinajstić information content (AvgIpc) is 2.90. The first-order chi connectivity index (χ1) is 12.1. The van der Waals surface area contributed by atoms with E-state index in [0.29, 0.717) is 19.5 Å². The first-order valence-electron chi connectivity index (χ1n) is 8.64. The molecule has 4 rings (SSSR count). The van der Waals surface area contributed by atoms with Crippen molar-refractivity contribution >= 4 is 16.9 Å². The molecule has 0 radical (unpaired) electrons. The molecule has 1 aliphatic heterocycles. The van der Waals surface area contributed by atoms with E-state index in [9.17, 15) is 9.59 Å². The number of carbonyl (C=O) groups excluding carboxylic acids is 1. The molecule has 0 aliphatic carbocycles. The van der Waals surface area contributed by atoms with Gasteiger partial charge in [0.25, 0.3) is 0 Å². The van der Waals surface area contributed by atoms with E-state index in [4.69, 9.17) is 0 Å². The zero-order valence-corrected chi connectivity index (χ0v) is 14.3. The summed E-state index contributed by atoms with van der Waals surface area (Å²) in [7, 11) is 1.77. The van der Waals surface area contributed by atoms with Crippen molar-refractivity contribution in [3.05, 3.63) is 70.1 Å². The molecule has 0 saturated carbocycles. The second-order valence-corrected chi connectivity index (χ2v) is 6.57. The van der Waals surface area contributed by atoms with Crippen molar-refractivity contribution < 1.29 is 4.79 Å². The number of aromatic nitrogens is 2. The van der Waals surface area contributed by atoms with E-state index in [1.807, 2.05) is 41.3 Å². The highest BCUT2D eigenvalue weighted by Gasteiger charge is 2.20. The molecule has 5 heteroatoms. The Hall–Kier alpha value is -2.82. The van der Waals surface area contributed by atoms with Crippen LogP contribution < -0.4 is 5.69 Å². The van der Waals surface area contributed by atoms with Crippen LogP contribution in [0.4, 0.5) is 0 Å². The number of para-hydroxylation sites is 2. The minimum Gasteiger partial charge on any atom is -0.338 e. The predicted molar refractivity (Wildman–Crippen MR) is 97.4 cm³/mol. The highest BCUT2D eigenvalue weighted by molar-refractivity contribution is 5.78. The van der Waals surface area contributed by atoms with Crippen LogP contribution in [0.2, 0.25) is 0 Å². The van der Waals surface area contributed by atoms with E-state index in [2.05, 4.69) is 12.1 Å². The third-order valence-corrected chi connectivity index (χ3v) is 5.08. The second kappa shape index (κ2) is 6.24. The van der Waals surface area contributed by atoms with Gasteiger partial charge in [-0.3, -0.25) is 13.9 Å². The van der Waals surface area contributed by atoms with E-state index >= 15 is 0 Å². The van der Waals surface area contributed by atoms with Gasteiger partial charge >= 0.3 is 5.69 Å². The molecule has 0 atom stereocenters. The zero-order chi connectivity index (χ0) is 17.4. The molecule has 0 unspecified atom stereocenters. The van der Waals surface area contributed by atoms with Crippen LogP contribution in [-0.2, 0) is 31.4 Å². The highest BCUT2D eigenvalue weighted by Crippen LogP contribution is 2.19. The molecule has 5 nitrogen and oxygen atoms in total. The summed E-state index contributed by atoms with van der Waals surface area (Å²) < 4.78 is 3.34. The molecule has 0 spiro atoms. The predicted octanol–water partition coefficient (Wildman–Crippen LogP) is 2.31. The van der Waals surface area contributed by atoms with Gasteiger partial charge in [-0.2, -0.15) is 0 Å². The van der Waals surface area contributed by atoms with Crippen LogP contribution >= 0.6 is 0 Å². The molecule has 0 bridgehead atoms. The third kappa shape index (κ3) is 2.76. The summed E-state index contributed by atoms with van der Waals surface area (Å²) >= 11 is 0. The van der Waals surface area contributed by atoms with Gasteiger partial charge in [-0.05, 0) is 29.7 Å². The fraction of sp³-hybridized carbons (Fsp3) is 0.300. The van der Waals surface area contributed by atoms with Crippen molar-refractivity contribution in [2.24, 2.45) is 7.05 Å². The summed E-state index contributed by atoms with van der Waals surface area (Å²) in [5.74, 6) is 0.106. The van der Waals surface area contributed by atoms with Gasteiger partial charge in [0.1, 0.15) is 0 Å². The maximum absolute atomic E-state index is 12.6. The molecular weight excluding hydrogens is 314 g/mol. The monoisotopic (exact) mass is 335 g/mol. The quantitative estimate of drug-likeness (QED) is 0.737. The van der Waals surface area contributed by atoms with Crippen LogP contribution in [0.25, 0.3) is 11.0 Å². The lowest BCUT2D eigenvalue weighted by Crippen LogP contribution is -2.36. The van der Waals surface area contributed by atoms with Gasteiger partial charge in [0, 0.05) is 33.1 Å². The van der Waals surface area contributed by atoms with Crippen LogP contribution in [0.1, 0.15) is 17.5 Å². The Balaban J connectivity index is 1.50. The van der Waals surface area contributed by atoms with Crippen molar-refractivity contribution in [1.82, 2.24) is 14.0 Å². The number of amides is 1. The summed E-state index contributed by atoms with van der Waals surface area (Å²) in [5.41, 5.74) is 4.26. The molecule has 1 amide bonds. The molecule has 25 heavy (non-hydrogen) atoms. The van der Waals surface area contributed by atoms with Crippen molar-refractivity contribution in [1.29, 1.82) is 0 Å². The Morgan fingerprint density at radius 2 is 1.68 bits per heavy atom. The Labute approximate surface area is 146 Å². The van der Waals surface area contributed by atoms with E-state index in [1.54, 1.807) is 16.2 Å².